The highest BCUT2D eigenvalue weighted by atomic mass is 16.5. The Kier molecular flexibility index (Phi) is 8.55. The summed E-state index contributed by atoms with van der Waals surface area (Å²) < 4.78 is 17.4. The van der Waals surface area contributed by atoms with E-state index < -0.39 is 0 Å². The number of rotatable bonds is 11. The van der Waals surface area contributed by atoms with E-state index in [9.17, 15) is 0 Å². The molecule has 0 saturated heterocycles. The van der Waals surface area contributed by atoms with Crippen LogP contribution in [0.2, 0.25) is 0 Å². The van der Waals surface area contributed by atoms with E-state index in [1.807, 2.05) is 32.0 Å². The highest BCUT2D eigenvalue weighted by Gasteiger charge is 2.18. The molecule has 0 N–H and O–H groups in total. The number of methoxy groups -OCH3 is 1. The molecule has 0 aliphatic carbocycles. The fourth-order valence-corrected chi connectivity index (χ4v) is 3.03. The van der Waals surface area contributed by atoms with Crippen molar-refractivity contribution in [2.24, 2.45) is 0 Å². The zero-order valence-corrected chi connectivity index (χ0v) is 18.2. The number of benzene rings is 1. The van der Waals surface area contributed by atoms with Crippen molar-refractivity contribution in [3.63, 3.8) is 0 Å². The molecule has 1 heterocycles. The summed E-state index contributed by atoms with van der Waals surface area (Å²) in [6.45, 7) is 11.0. The zero-order valence-electron chi connectivity index (χ0n) is 18.2. The predicted octanol–water partition coefficient (Wildman–Crippen LogP) is 5.63. The number of ether oxygens (including phenoxy) is 3. The summed E-state index contributed by atoms with van der Waals surface area (Å²) in [5.41, 5.74) is 3.58. The van der Waals surface area contributed by atoms with Crippen LogP contribution in [0.25, 0.3) is 11.3 Å². The van der Waals surface area contributed by atoms with Crippen molar-refractivity contribution in [2.45, 2.75) is 72.8 Å². The third-order valence-corrected chi connectivity index (χ3v) is 4.46. The molecule has 0 fully saturated rings. The van der Waals surface area contributed by atoms with Gasteiger partial charge in [-0.2, -0.15) is 0 Å². The molecule has 28 heavy (non-hydrogen) atoms. The van der Waals surface area contributed by atoms with Gasteiger partial charge in [-0.15, -0.1) is 0 Å². The molecule has 0 aliphatic rings. The van der Waals surface area contributed by atoms with E-state index in [1.165, 1.54) is 6.42 Å². The Morgan fingerprint density at radius 3 is 2.32 bits per heavy atom. The lowest BCUT2D eigenvalue weighted by Gasteiger charge is -2.17. The van der Waals surface area contributed by atoms with E-state index in [2.05, 4.69) is 20.8 Å². The Bertz CT molecular complexity index is 760. The lowest BCUT2D eigenvalue weighted by atomic mass is 10.1. The first-order chi connectivity index (χ1) is 13.5. The molecule has 0 aliphatic heterocycles. The normalized spacial score (nSPS) is 11.0. The first-order valence-corrected chi connectivity index (χ1v) is 10.4. The van der Waals surface area contributed by atoms with Crippen LogP contribution < -0.4 is 14.2 Å². The Balaban J connectivity index is 2.41. The van der Waals surface area contributed by atoms with Gasteiger partial charge in [0.15, 0.2) is 0 Å². The van der Waals surface area contributed by atoms with Gasteiger partial charge in [-0.25, -0.2) is 9.97 Å². The summed E-state index contributed by atoms with van der Waals surface area (Å²) in [5.74, 6) is 2.19. The second-order valence-corrected chi connectivity index (χ2v) is 7.06. The second-order valence-electron chi connectivity index (χ2n) is 7.06. The van der Waals surface area contributed by atoms with Crippen LogP contribution in [0.15, 0.2) is 18.2 Å². The maximum absolute atomic E-state index is 5.96. The van der Waals surface area contributed by atoms with E-state index in [4.69, 9.17) is 24.2 Å². The molecular formula is C23H34N2O3. The minimum atomic E-state index is 0.109. The van der Waals surface area contributed by atoms with E-state index in [0.29, 0.717) is 12.5 Å². The predicted molar refractivity (Wildman–Crippen MR) is 114 cm³/mol. The van der Waals surface area contributed by atoms with Gasteiger partial charge in [-0.1, -0.05) is 33.6 Å². The first-order valence-electron chi connectivity index (χ1n) is 10.4. The molecule has 154 valence electrons. The van der Waals surface area contributed by atoms with Gasteiger partial charge in [0.25, 0.3) is 0 Å². The van der Waals surface area contributed by atoms with Gasteiger partial charge < -0.3 is 14.2 Å². The molecule has 0 bridgehead atoms. The number of unbranched alkanes of at least 4 members (excludes halogenated alkanes) is 2. The SMILES string of the molecule is CCCCCOc1nc(CC)c(-c2ccc(OC(C)C)cc2OC)nc1CC. The molecule has 2 rings (SSSR count). The molecule has 0 radical (unpaired) electrons. The molecule has 1 aromatic carbocycles. The molecule has 5 nitrogen and oxygen atoms in total. The van der Waals surface area contributed by atoms with Crippen molar-refractivity contribution in [1.82, 2.24) is 9.97 Å². The minimum Gasteiger partial charge on any atom is -0.496 e. The molecule has 0 amide bonds. The molecule has 0 saturated carbocycles. The highest BCUT2D eigenvalue weighted by Crippen LogP contribution is 2.35. The Labute approximate surface area is 169 Å². The van der Waals surface area contributed by atoms with Gasteiger partial charge in [0.2, 0.25) is 5.88 Å². The Morgan fingerprint density at radius 2 is 1.71 bits per heavy atom. The van der Waals surface area contributed by atoms with E-state index in [1.54, 1.807) is 7.11 Å². The van der Waals surface area contributed by atoms with E-state index in [0.717, 1.165) is 59.8 Å². The zero-order chi connectivity index (χ0) is 20.5. The fraction of sp³-hybridized carbons (Fsp3) is 0.565. The largest absolute Gasteiger partial charge is 0.496 e. The van der Waals surface area contributed by atoms with Gasteiger partial charge in [0.05, 0.1) is 31.2 Å². The van der Waals surface area contributed by atoms with Crippen molar-refractivity contribution in [3.8, 4) is 28.6 Å². The molecule has 0 spiro atoms. The summed E-state index contributed by atoms with van der Waals surface area (Å²) >= 11 is 0. The van der Waals surface area contributed by atoms with E-state index in [-0.39, 0.29) is 6.10 Å². The average Bonchev–Trinajstić information content (AvgIpc) is 2.70. The molecule has 2 aromatic rings. The van der Waals surface area contributed by atoms with Crippen LogP contribution in [-0.4, -0.2) is 29.8 Å². The van der Waals surface area contributed by atoms with Gasteiger partial charge in [0, 0.05) is 11.6 Å². The third-order valence-electron chi connectivity index (χ3n) is 4.46. The summed E-state index contributed by atoms with van der Waals surface area (Å²) in [5, 5.41) is 0. The average molecular weight is 387 g/mol. The first kappa shape index (κ1) is 22.0. The monoisotopic (exact) mass is 386 g/mol. The van der Waals surface area contributed by atoms with Crippen molar-refractivity contribution in [2.75, 3.05) is 13.7 Å². The number of aromatic nitrogens is 2. The van der Waals surface area contributed by atoms with Crippen molar-refractivity contribution >= 4 is 0 Å². The van der Waals surface area contributed by atoms with Crippen molar-refractivity contribution in [1.29, 1.82) is 0 Å². The van der Waals surface area contributed by atoms with Gasteiger partial charge in [0.1, 0.15) is 17.2 Å². The topological polar surface area (TPSA) is 53.5 Å². The standard InChI is InChI=1S/C23H34N2O3/c1-7-10-11-14-27-23-20(9-3)24-22(19(8-2)25-23)18-13-12-17(28-16(4)5)15-21(18)26-6/h12-13,15-16H,7-11,14H2,1-6H3. The number of aryl methyl sites for hydroxylation is 2. The van der Waals surface area contributed by atoms with Crippen LogP contribution in [0.4, 0.5) is 0 Å². The van der Waals surface area contributed by atoms with Crippen LogP contribution >= 0.6 is 0 Å². The second kappa shape index (κ2) is 10.9. The van der Waals surface area contributed by atoms with Crippen molar-refractivity contribution < 1.29 is 14.2 Å². The maximum Gasteiger partial charge on any atom is 0.235 e. The number of nitrogens with zero attached hydrogens (tertiary/aromatic N) is 2. The minimum absolute atomic E-state index is 0.109. The van der Waals surface area contributed by atoms with Crippen LogP contribution in [-0.2, 0) is 12.8 Å². The lowest BCUT2D eigenvalue weighted by Crippen LogP contribution is -2.09. The molecule has 0 unspecified atom stereocenters. The van der Waals surface area contributed by atoms with Gasteiger partial charge in [-0.3, -0.25) is 0 Å². The maximum atomic E-state index is 5.96. The third kappa shape index (κ3) is 5.60. The van der Waals surface area contributed by atoms with E-state index >= 15 is 0 Å². The lowest BCUT2D eigenvalue weighted by molar-refractivity contribution is 0.241. The molecule has 5 heteroatoms. The van der Waals surface area contributed by atoms with Crippen LogP contribution in [0.1, 0.15) is 65.3 Å². The Hall–Kier alpha value is -2.30. The smallest absolute Gasteiger partial charge is 0.235 e. The van der Waals surface area contributed by atoms with Crippen LogP contribution in [0.3, 0.4) is 0 Å². The summed E-state index contributed by atoms with van der Waals surface area (Å²) in [4.78, 5) is 9.73. The summed E-state index contributed by atoms with van der Waals surface area (Å²) in [6, 6.07) is 5.87. The summed E-state index contributed by atoms with van der Waals surface area (Å²) in [7, 11) is 1.67. The van der Waals surface area contributed by atoms with Crippen molar-refractivity contribution in [3.05, 3.63) is 29.6 Å². The molecular weight excluding hydrogens is 352 g/mol. The number of hydrogen-bond donors (Lipinski definition) is 0. The summed E-state index contributed by atoms with van der Waals surface area (Å²) in [6.07, 6.45) is 5.02. The van der Waals surface area contributed by atoms with Gasteiger partial charge in [-0.05, 0) is 45.2 Å². The highest BCUT2D eigenvalue weighted by molar-refractivity contribution is 5.70. The van der Waals surface area contributed by atoms with Gasteiger partial charge >= 0.3 is 0 Å². The molecule has 0 atom stereocenters. The van der Waals surface area contributed by atoms with Crippen LogP contribution in [0.5, 0.6) is 17.4 Å². The number of hydrogen-bond acceptors (Lipinski definition) is 5. The quantitative estimate of drug-likeness (QED) is 0.468. The molecule has 1 aromatic heterocycles. The van der Waals surface area contributed by atoms with Crippen LogP contribution in [0, 0.1) is 0 Å². The fourth-order valence-electron chi connectivity index (χ4n) is 3.03. The Morgan fingerprint density at radius 1 is 0.964 bits per heavy atom.